The first-order valence-corrected chi connectivity index (χ1v) is 4.52. The van der Waals surface area contributed by atoms with Gasteiger partial charge in [0, 0.05) is 11.1 Å². The average molecular weight is 241 g/mol. The van der Waals surface area contributed by atoms with Crippen molar-refractivity contribution in [3.05, 3.63) is 40.4 Å². The first kappa shape index (κ1) is 9.99. The number of hydrogen-bond acceptors (Lipinski definition) is 2. The summed E-state index contributed by atoms with van der Waals surface area (Å²) in [6.45, 7) is 5.08. The highest BCUT2D eigenvalue weighted by atomic mass is 79.9. The number of allylic oxidation sites excluding steroid dienone is 1. The first-order valence-electron chi connectivity index (χ1n) is 3.72. The molecule has 0 aliphatic heterocycles. The second kappa shape index (κ2) is 3.75. The molecule has 68 valence electrons. The molecule has 0 spiro atoms. The van der Waals surface area contributed by atoms with E-state index in [2.05, 4.69) is 22.5 Å². The van der Waals surface area contributed by atoms with Crippen LogP contribution in [-0.2, 0) is 0 Å². The van der Waals surface area contributed by atoms with Gasteiger partial charge in [0.1, 0.15) is 5.75 Å². The molecule has 0 saturated carbocycles. The van der Waals surface area contributed by atoms with Crippen molar-refractivity contribution in [2.45, 2.75) is 6.92 Å². The van der Waals surface area contributed by atoms with E-state index in [1.165, 1.54) is 6.08 Å². The predicted octanol–water partition coefficient (Wildman–Crippen LogP) is 2.83. The maximum absolute atomic E-state index is 11.3. The summed E-state index contributed by atoms with van der Waals surface area (Å²) in [5.41, 5.74) is 1.05. The summed E-state index contributed by atoms with van der Waals surface area (Å²) in [7, 11) is 0. The van der Waals surface area contributed by atoms with Crippen LogP contribution in [0.1, 0.15) is 15.9 Å². The van der Waals surface area contributed by atoms with Gasteiger partial charge in [-0.05, 0) is 41.1 Å². The molecule has 1 aromatic carbocycles. The van der Waals surface area contributed by atoms with Gasteiger partial charge in [0.05, 0.1) is 4.47 Å². The van der Waals surface area contributed by atoms with Crippen LogP contribution in [0, 0.1) is 6.92 Å². The number of ketones is 1. The first-order chi connectivity index (χ1) is 6.07. The summed E-state index contributed by atoms with van der Waals surface area (Å²) < 4.78 is 0.589. The molecule has 0 aromatic heterocycles. The van der Waals surface area contributed by atoms with Gasteiger partial charge in [0.2, 0.25) is 0 Å². The molecule has 1 N–H and O–H groups in total. The fraction of sp³-hybridized carbons (Fsp3) is 0.100. The van der Waals surface area contributed by atoms with E-state index >= 15 is 0 Å². The normalized spacial score (nSPS) is 9.69. The van der Waals surface area contributed by atoms with E-state index in [0.717, 1.165) is 0 Å². The lowest BCUT2D eigenvalue weighted by atomic mass is 10.0. The molecule has 0 heterocycles. The minimum absolute atomic E-state index is 0.104. The summed E-state index contributed by atoms with van der Waals surface area (Å²) >= 11 is 3.16. The fourth-order valence-electron chi connectivity index (χ4n) is 1.04. The molecule has 0 aliphatic carbocycles. The van der Waals surface area contributed by atoms with Gasteiger partial charge in [-0.1, -0.05) is 6.58 Å². The molecule has 0 fully saturated rings. The highest BCUT2D eigenvalue weighted by molar-refractivity contribution is 9.10. The summed E-state index contributed by atoms with van der Waals surface area (Å²) in [5, 5.41) is 9.50. The molecule has 0 saturated heterocycles. The lowest BCUT2D eigenvalue weighted by Crippen LogP contribution is -1.97. The minimum atomic E-state index is -0.180. The largest absolute Gasteiger partial charge is 0.506 e. The zero-order valence-corrected chi connectivity index (χ0v) is 8.76. The van der Waals surface area contributed by atoms with E-state index < -0.39 is 0 Å². The maximum atomic E-state index is 11.3. The van der Waals surface area contributed by atoms with Crippen LogP contribution >= 0.6 is 15.9 Å². The Labute approximate surface area is 85.0 Å². The Morgan fingerprint density at radius 1 is 1.62 bits per heavy atom. The molecule has 1 rings (SSSR count). The van der Waals surface area contributed by atoms with Crippen molar-refractivity contribution >= 4 is 21.7 Å². The predicted molar refractivity (Wildman–Crippen MR) is 55.1 cm³/mol. The molecule has 0 bridgehead atoms. The van der Waals surface area contributed by atoms with Gasteiger partial charge in [-0.25, -0.2) is 0 Å². The van der Waals surface area contributed by atoms with E-state index in [4.69, 9.17) is 0 Å². The molecule has 2 nitrogen and oxygen atoms in total. The highest BCUT2D eigenvalue weighted by Crippen LogP contribution is 2.29. The Kier molecular flexibility index (Phi) is 2.88. The summed E-state index contributed by atoms with van der Waals surface area (Å²) in [5.74, 6) is -0.0759. The number of carbonyl (C=O) groups excluding carboxylic acids is 1. The minimum Gasteiger partial charge on any atom is -0.506 e. The Morgan fingerprint density at radius 3 is 2.77 bits per heavy atom. The summed E-state index contributed by atoms with van der Waals surface area (Å²) in [6.07, 6.45) is 1.23. The molecule has 0 amide bonds. The molecular weight excluding hydrogens is 232 g/mol. The van der Waals surface area contributed by atoms with Gasteiger partial charge >= 0.3 is 0 Å². The quantitative estimate of drug-likeness (QED) is 0.638. The van der Waals surface area contributed by atoms with Crippen LogP contribution in [0.15, 0.2) is 29.3 Å². The number of rotatable bonds is 2. The van der Waals surface area contributed by atoms with Crippen LogP contribution < -0.4 is 0 Å². The number of phenols is 1. The molecule has 13 heavy (non-hydrogen) atoms. The molecule has 0 atom stereocenters. The topological polar surface area (TPSA) is 37.3 Å². The SMILES string of the molecule is C=CC(=O)c1ccc(Br)c(O)c1C. The van der Waals surface area contributed by atoms with Crippen molar-refractivity contribution in [1.29, 1.82) is 0 Å². The highest BCUT2D eigenvalue weighted by Gasteiger charge is 2.10. The summed E-state index contributed by atoms with van der Waals surface area (Å²) in [6, 6.07) is 3.29. The van der Waals surface area contributed by atoms with Crippen molar-refractivity contribution < 1.29 is 9.90 Å². The van der Waals surface area contributed by atoms with Crippen molar-refractivity contribution in [3.8, 4) is 5.75 Å². The van der Waals surface area contributed by atoms with Gasteiger partial charge in [-0.2, -0.15) is 0 Å². The van der Waals surface area contributed by atoms with E-state index in [1.807, 2.05) is 0 Å². The standard InChI is InChI=1S/C10H9BrO2/c1-3-9(12)7-4-5-8(11)10(13)6(7)2/h3-5,13H,1H2,2H3. The molecule has 0 radical (unpaired) electrons. The van der Waals surface area contributed by atoms with Crippen LogP contribution in [0.2, 0.25) is 0 Å². The monoisotopic (exact) mass is 240 g/mol. The maximum Gasteiger partial charge on any atom is 0.185 e. The average Bonchev–Trinajstić information content (AvgIpc) is 2.13. The number of hydrogen-bond donors (Lipinski definition) is 1. The van der Waals surface area contributed by atoms with Crippen LogP contribution in [-0.4, -0.2) is 10.9 Å². The van der Waals surface area contributed by atoms with Crippen LogP contribution in [0.4, 0.5) is 0 Å². The lowest BCUT2D eigenvalue weighted by molar-refractivity contribution is 0.104. The third-order valence-electron chi connectivity index (χ3n) is 1.83. The Bertz CT molecular complexity index is 369. The zero-order chi connectivity index (χ0) is 10.0. The Balaban J connectivity index is 3.33. The van der Waals surface area contributed by atoms with Gasteiger partial charge < -0.3 is 5.11 Å². The van der Waals surface area contributed by atoms with Gasteiger partial charge in [-0.15, -0.1) is 0 Å². The third-order valence-corrected chi connectivity index (χ3v) is 2.47. The van der Waals surface area contributed by atoms with E-state index in [0.29, 0.717) is 15.6 Å². The van der Waals surface area contributed by atoms with Crippen LogP contribution in [0.25, 0.3) is 0 Å². The number of halogens is 1. The molecule has 3 heteroatoms. The smallest absolute Gasteiger partial charge is 0.185 e. The fourth-order valence-corrected chi connectivity index (χ4v) is 1.47. The van der Waals surface area contributed by atoms with Crippen molar-refractivity contribution in [2.75, 3.05) is 0 Å². The van der Waals surface area contributed by atoms with E-state index in [1.54, 1.807) is 19.1 Å². The molecule has 0 unspecified atom stereocenters. The van der Waals surface area contributed by atoms with E-state index in [9.17, 15) is 9.90 Å². The number of carbonyl (C=O) groups is 1. The van der Waals surface area contributed by atoms with Crippen LogP contribution in [0.5, 0.6) is 5.75 Å². The number of phenolic OH excluding ortho intramolecular Hbond substituents is 1. The van der Waals surface area contributed by atoms with E-state index in [-0.39, 0.29) is 11.5 Å². The number of benzene rings is 1. The zero-order valence-electron chi connectivity index (χ0n) is 7.17. The van der Waals surface area contributed by atoms with Gasteiger partial charge in [-0.3, -0.25) is 4.79 Å². The Morgan fingerprint density at radius 2 is 2.23 bits per heavy atom. The molecule has 0 aliphatic rings. The summed E-state index contributed by atoms with van der Waals surface area (Å²) in [4.78, 5) is 11.3. The Hall–Kier alpha value is -1.09. The van der Waals surface area contributed by atoms with Crippen LogP contribution in [0.3, 0.4) is 0 Å². The van der Waals surface area contributed by atoms with Gasteiger partial charge in [0.25, 0.3) is 0 Å². The van der Waals surface area contributed by atoms with Crippen molar-refractivity contribution in [2.24, 2.45) is 0 Å². The lowest BCUT2D eigenvalue weighted by Gasteiger charge is -2.05. The number of aromatic hydroxyl groups is 1. The molecule has 1 aromatic rings. The van der Waals surface area contributed by atoms with Crippen molar-refractivity contribution in [1.82, 2.24) is 0 Å². The second-order valence-electron chi connectivity index (χ2n) is 2.64. The third kappa shape index (κ3) is 1.80. The van der Waals surface area contributed by atoms with Crippen molar-refractivity contribution in [3.63, 3.8) is 0 Å². The second-order valence-corrected chi connectivity index (χ2v) is 3.49. The molecular formula is C10H9BrO2. The van der Waals surface area contributed by atoms with Gasteiger partial charge in [0.15, 0.2) is 5.78 Å².